The van der Waals surface area contributed by atoms with Crippen molar-refractivity contribution in [3.63, 3.8) is 0 Å². The summed E-state index contributed by atoms with van der Waals surface area (Å²) in [5.41, 5.74) is 3.58. The fourth-order valence-electron chi connectivity index (χ4n) is 3.14. The molecule has 4 aromatic heterocycles. The van der Waals surface area contributed by atoms with Gasteiger partial charge in [-0.1, -0.05) is 48.0 Å². The van der Waals surface area contributed by atoms with E-state index in [-0.39, 0.29) is 27.8 Å². The number of para-hydroxylation sites is 2. The zero-order valence-electron chi connectivity index (χ0n) is 18.1. The maximum atomic E-state index is 5.50. The van der Waals surface area contributed by atoms with Gasteiger partial charge in [0.2, 0.25) is 0 Å². The Labute approximate surface area is 212 Å². The Morgan fingerprint density at radius 3 is 1.91 bits per heavy atom. The Bertz CT molecular complexity index is 1320. The molecule has 6 heteroatoms. The van der Waals surface area contributed by atoms with Crippen LogP contribution in [0.2, 0.25) is 5.02 Å². The molecule has 0 saturated heterocycles. The van der Waals surface area contributed by atoms with E-state index in [9.17, 15) is 0 Å². The molecule has 6 rings (SSSR count). The van der Waals surface area contributed by atoms with Gasteiger partial charge in [-0.3, -0.25) is 9.97 Å². The monoisotopic (exact) mass is 545 g/mol. The van der Waals surface area contributed by atoms with E-state index >= 15 is 0 Å². The first kappa shape index (κ1) is 26.0. The van der Waals surface area contributed by atoms with Crippen LogP contribution >= 0.6 is 11.6 Å². The van der Waals surface area contributed by atoms with Crippen LogP contribution in [0.15, 0.2) is 122 Å². The SMILES string of the molecule is Clc1ccncc1.[CH3-].[Pd].c1ccc2[nH]ccc2c1.c1ccc2c(c1)ccn2-c1ccncc1. The number of nitrogens with zero attached hydrogens (tertiary/aromatic N) is 3. The van der Waals surface area contributed by atoms with Gasteiger partial charge in [0.25, 0.3) is 0 Å². The van der Waals surface area contributed by atoms with Crippen LogP contribution in [-0.2, 0) is 20.4 Å². The van der Waals surface area contributed by atoms with Crippen molar-refractivity contribution in [1.82, 2.24) is 19.5 Å². The van der Waals surface area contributed by atoms with Crippen molar-refractivity contribution in [3.05, 3.63) is 135 Å². The van der Waals surface area contributed by atoms with Gasteiger partial charge >= 0.3 is 0 Å². The van der Waals surface area contributed by atoms with E-state index in [4.69, 9.17) is 11.6 Å². The van der Waals surface area contributed by atoms with E-state index in [1.807, 2.05) is 42.9 Å². The quantitative estimate of drug-likeness (QED) is 0.173. The predicted octanol–water partition coefficient (Wildman–Crippen LogP) is 7.38. The fourth-order valence-corrected chi connectivity index (χ4v) is 3.25. The predicted molar refractivity (Wildman–Crippen MR) is 135 cm³/mol. The Kier molecular flexibility index (Phi) is 10.5. The number of H-pyrrole nitrogens is 1. The van der Waals surface area contributed by atoms with Gasteiger partial charge in [-0.25, -0.2) is 0 Å². The molecule has 0 saturated carbocycles. The van der Waals surface area contributed by atoms with E-state index < -0.39 is 0 Å². The Hall–Kier alpha value is -3.23. The fraction of sp³-hybridized carbons (Fsp3) is 0. The van der Waals surface area contributed by atoms with Crippen LogP contribution in [0, 0.1) is 7.43 Å². The van der Waals surface area contributed by atoms with Crippen LogP contribution in [-0.4, -0.2) is 19.5 Å². The normalized spacial score (nSPS) is 9.48. The van der Waals surface area contributed by atoms with Gasteiger partial charge in [-0.15, -0.1) is 0 Å². The first-order valence-corrected chi connectivity index (χ1v) is 10.2. The van der Waals surface area contributed by atoms with Gasteiger partial charge in [-0.2, -0.15) is 0 Å². The molecule has 0 atom stereocenters. The molecule has 2 aromatic carbocycles. The molecule has 0 amide bonds. The molecule has 0 aliphatic carbocycles. The van der Waals surface area contributed by atoms with Crippen molar-refractivity contribution in [2.24, 2.45) is 0 Å². The summed E-state index contributed by atoms with van der Waals surface area (Å²) in [6, 6.07) is 28.2. The van der Waals surface area contributed by atoms with Crippen molar-refractivity contribution in [1.29, 1.82) is 0 Å². The minimum absolute atomic E-state index is 0. The zero-order valence-corrected chi connectivity index (χ0v) is 20.4. The van der Waals surface area contributed by atoms with Crippen LogP contribution in [0.5, 0.6) is 0 Å². The van der Waals surface area contributed by atoms with Gasteiger partial charge in [0.05, 0.1) is 5.52 Å². The molecular formula is C27H24ClN4Pd-. The summed E-state index contributed by atoms with van der Waals surface area (Å²) in [6.45, 7) is 0. The maximum absolute atomic E-state index is 5.50. The van der Waals surface area contributed by atoms with Crippen LogP contribution in [0.3, 0.4) is 0 Å². The minimum atomic E-state index is 0. The van der Waals surface area contributed by atoms with Crippen molar-refractivity contribution < 1.29 is 20.4 Å². The summed E-state index contributed by atoms with van der Waals surface area (Å²) in [5.74, 6) is 0. The van der Waals surface area contributed by atoms with E-state index in [0.29, 0.717) is 0 Å². The number of nitrogens with one attached hydrogen (secondary N) is 1. The number of aromatic nitrogens is 4. The molecule has 1 N–H and O–H groups in total. The maximum Gasteiger partial charge on any atom is 0.0528 e. The minimum Gasteiger partial charge on any atom is -0.361 e. The van der Waals surface area contributed by atoms with Crippen molar-refractivity contribution in [2.75, 3.05) is 0 Å². The summed E-state index contributed by atoms with van der Waals surface area (Å²) >= 11 is 5.50. The molecule has 0 spiro atoms. The second-order valence-corrected chi connectivity index (χ2v) is 7.12. The molecule has 0 unspecified atom stereocenters. The van der Waals surface area contributed by atoms with Crippen LogP contribution in [0.25, 0.3) is 27.5 Å². The average molecular weight is 546 g/mol. The van der Waals surface area contributed by atoms with Crippen LogP contribution < -0.4 is 0 Å². The molecule has 0 aliphatic rings. The number of pyridine rings is 2. The molecule has 0 aliphatic heterocycles. The molecule has 4 nitrogen and oxygen atoms in total. The Morgan fingerprint density at radius 1 is 0.667 bits per heavy atom. The summed E-state index contributed by atoms with van der Waals surface area (Å²) in [6.07, 6.45) is 11.0. The number of halogens is 1. The molecule has 170 valence electrons. The van der Waals surface area contributed by atoms with E-state index in [1.165, 1.54) is 21.8 Å². The van der Waals surface area contributed by atoms with Gasteiger partial charge in [0, 0.05) is 73.8 Å². The van der Waals surface area contributed by atoms with Crippen molar-refractivity contribution in [2.45, 2.75) is 0 Å². The molecule has 33 heavy (non-hydrogen) atoms. The van der Waals surface area contributed by atoms with Crippen molar-refractivity contribution in [3.8, 4) is 5.69 Å². The largest absolute Gasteiger partial charge is 0.361 e. The third kappa shape index (κ3) is 7.13. The smallest absolute Gasteiger partial charge is 0.0528 e. The first-order valence-electron chi connectivity index (χ1n) is 9.85. The number of benzene rings is 2. The standard InChI is InChI=1S/C13H10N2.C8H7N.C5H4ClN.CH3.Pd/c1-2-4-13-11(3-1)7-10-15(13)12-5-8-14-9-6-12;1-2-4-8-7(3-1)5-6-9-8;6-5-1-3-7-4-2-5;;/h1-10H;1-6,9H;1-4H;1H3;/q;;;-1;. The summed E-state index contributed by atoms with van der Waals surface area (Å²) < 4.78 is 2.16. The molecule has 0 fully saturated rings. The second kappa shape index (κ2) is 13.3. The molecule has 4 heterocycles. The third-order valence-corrected chi connectivity index (χ3v) is 4.89. The Morgan fingerprint density at radius 2 is 1.27 bits per heavy atom. The number of aromatic amines is 1. The summed E-state index contributed by atoms with van der Waals surface area (Å²) in [5, 5.41) is 3.27. The van der Waals surface area contributed by atoms with Gasteiger partial charge in [-0.05, 0) is 59.3 Å². The zero-order chi connectivity index (χ0) is 21.3. The van der Waals surface area contributed by atoms with Crippen molar-refractivity contribution >= 4 is 33.4 Å². The van der Waals surface area contributed by atoms with E-state index in [0.717, 1.165) is 10.7 Å². The summed E-state index contributed by atoms with van der Waals surface area (Å²) in [4.78, 5) is 10.9. The van der Waals surface area contributed by atoms with E-state index in [1.54, 1.807) is 24.5 Å². The Balaban J connectivity index is 0.000000185. The van der Waals surface area contributed by atoms with Gasteiger partial charge in [0.1, 0.15) is 0 Å². The molecule has 6 aromatic rings. The average Bonchev–Trinajstić information content (AvgIpc) is 3.48. The van der Waals surface area contributed by atoms with Crippen LogP contribution in [0.1, 0.15) is 0 Å². The molecular weight excluding hydrogens is 522 g/mol. The number of fused-ring (bicyclic) bond motifs is 2. The topological polar surface area (TPSA) is 46.5 Å². The molecule has 0 bridgehead atoms. The number of hydrogen-bond acceptors (Lipinski definition) is 2. The first-order chi connectivity index (χ1) is 15.3. The van der Waals surface area contributed by atoms with Gasteiger partial charge in [0.15, 0.2) is 0 Å². The number of rotatable bonds is 1. The van der Waals surface area contributed by atoms with Crippen LogP contribution in [0.4, 0.5) is 0 Å². The second-order valence-electron chi connectivity index (χ2n) is 6.68. The summed E-state index contributed by atoms with van der Waals surface area (Å²) in [7, 11) is 0. The van der Waals surface area contributed by atoms with E-state index in [2.05, 4.69) is 74.2 Å². The molecule has 0 radical (unpaired) electrons. The van der Waals surface area contributed by atoms with Gasteiger partial charge < -0.3 is 17.0 Å². The third-order valence-electron chi connectivity index (χ3n) is 4.64. The number of hydrogen-bond donors (Lipinski definition) is 1.